The maximum absolute atomic E-state index is 12.7. The second-order valence-electron chi connectivity index (χ2n) is 6.65. The molecule has 1 saturated heterocycles. The Morgan fingerprint density at radius 1 is 1.00 bits per heavy atom. The van der Waals surface area contributed by atoms with Crippen molar-refractivity contribution in [2.24, 2.45) is 0 Å². The summed E-state index contributed by atoms with van der Waals surface area (Å²) in [4.78, 5) is 12.9. The van der Waals surface area contributed by atoms with Crippen LogP contribution in [0.15, 0.2) is 47.4 Å². The lowest BCUT2D eigenvalue weighted by Gasteiger charge is -2.26. The molecule has 150 valence electrons. The molecule has 1 heterocycles. The van der Waals surface area contributed by atoms with E-state index < -0.39 is 10.0 Å². The van der Waals surface area contributed by atoms with Crippen LogP contribution in [0.3, 0.4) is 0 Å². The zero-order valence-corrected chi connectivity index (χ0v) is 17.1. The molecular formula is C21H26N2O4S. The molecule has 28 heavy (non-hydrogen) atoms. The number of nitrogens with one attached hydrogen (secondary N) is 1. The Bertz CT molecular complexity index is 911. The number of carbonyl (C=O) groups excluding carboxylic acids is 1. The van der Waals surface area contributed by atoms with Crippen LogP contribution in [0.5, 0.6) is 0 Å². The minimum absolute atomic E-state index is 0.189. The number of carbonyl (C=O) groups is 1. The lowest BCUT2D eigenvalue weighted by atomic mass is 10.0. The van der Waals surface area contributed by atoms with E-state index >= 15 is 0 Å². The number of ether oxygens (including phenoxy) is 1. The number of benzene rings is 2. The number of sulfonamides is 1. The molecule has 3 rings (SSSR count). The van der Waals surface area contributed by atoms with Gasteiger partial charge in [0.05, 0.1) is 18.1 Å². The predicted molar refractivity (Wildman–Crippen MR) is 109 cm³/mol. The zero-order valence-electron chi connectivity index (χ0n) is 16.3. The van der Waals surface area contributed by atoms with E-state index in [-0.39, 0.29) is 10.8 Å². The summed E-state index contributed by atoms with van der Waals surface area (Å²) in [5.74, 6) is -0.245. The minimum atomic E-state index is -3.56. The van der Waals surface area contributed by atoms with Crippen LogP contribution in [0.2, 0.25) is 0 Å². The standard InChI is InChI=1S/C21H26N2O4S/c1-3-16-6-5-7-17(4-2)20(16)22-21(24)18-8-10-19(11-9-18)28(25,26)23-12-14-27-15-13-23/h5-11H,3-4,12-15H2,1-2H3,(H,22,24). The summed E-state index contributed by atoms with van der Waals surface area (Å²) < 4.78 is 32.0. The predicted octanol–water partition coefficient (Wildman–Crippen LogP) is 3.08. The summed E-state index contributed by atoms with van der Waals surface area (Å²) in [6.45, 7) is 5.59. The fraction of sp³-hybridized carbons (Fsp3) is 0.381. The molecule has 1 N–H and O–H groups in total. The Kier molecular flexibility index (Phi) is 6.49. The third-order valence-corrected chi connectivity index (χ3v) is 6.87. The van der Waals surface area contributed by atoms with Gasteiger partial charge in [0.15, 0.2) is 0 Å². The molecule has 7 heteroatoms. The first-order chi connectivity index (χ1) is 13.5. The second kappa shape index (κ2) is 8.86. The van der Waals surface area contributed by atoms with Crippen molar-refractivity contribution in [2.45, 2.75) is 31.6 Å². The van der Waals surface area contributed by atoms with Gasteiger partial charge in [-0.3, -0.25) is 4.79 Å². The van der Waals surface area contributed by atoms with Crippen molar-refractivity contribution in [1.82, 2.24) is 4.31 Å². The van der Waals surface area contributed by atoms with Gasteiger partial charge in [0, 0.05) is 24.3 Å². The summed E-state index contributed by atoms with van der Waals surface area (Å²) in [6, 6.07) is 12.1. The first-order valence-corrected chi connectivity index (χ1v) is 11.0. The van der Waals surface area contributed by atoms with Crippen molar-refractivity contribution < 1.29 is 17.9 Å². The van der Waals surface area contributed by atoms with Gasteiger partial charge in [0.25, 0.3) is 5.91 Å². The number of nitrogens with zero attached hydrogens (tertiary/aromatic N) is 1. The lowest BCUT2D eigenvalue weighted by molar-refractivity contribution is 0.0730. The average Bonchev–Trinajstić information content (AvgIpc) is 2.74. The van der Waals surface area contributed by atoms with Gasteiger partial charge in [0.2, 0.25) is 10.0 Å². The number of rotatable bonds is 6. The molecule has 0 aliphatic carbocycles. The van der Waals surface area contributed by atoms with Crippen molar-refractivity contribution in [3.05, 3.63) is 59.2 Å². The molecule has 0 saturated carbocycles. The summed E-state index contributed by atoms with van der Waals surface area (Å²) in [5, 5.41) is 3.00. The SMILES string of the molecule is CCc1cccc(CC)c1NC(=O)c1ccc(S(=O)(=O)N2CCOCC2)cc1. The fourth-order valence-corrected chi connectivity index (χ4v) is 4.71. The van der Waals surface area contributed by atoms with Crippen LogP contribution in [0.25, 0.3) is 0 Å². The monoisotopic (exact) mass is 402 g/mol. The molecule has 0 spiro atoms. The quantitative estimate of drug-likeness (QED) is 0.806. The largest absolute Gasteiger partial charge is 0.379 e. The van der Waals surface area contributed by atoms with Crippen LogP contribution in [0.4, 0.5) is 5.69 Å². The molecule has 0 unspecified atom stereocenters. The van der Waals surface area contributed by atoms with Crippen molar-refractivity contribution in [1.29, 1.82) is 0 Å². The Morgan fingerprint density at radius 2 is 1.57 bits per heavy atom. The zero-order chi connectivity index (χ0) is 20.1. The van der Waals surface area contributed by atoms with Gasteiger partial charge < -0.3 is 10.1 Å². The first kappa shape index (κ1) is 20.5. The summed E-state index contributed by atoms with van der Waals surface area (Å²) in [5.41, 5.74) is 3.44. The van der Waals surface area contributed by atoms with E-state index in [0.29, 0.717) is 31.9 Å². The van der Waals surface area contributed by atoms with Crippen LogP contribution < -0.4 is 5.32 Å². The molecule has 0 bridgehead atoms. The summed E-state index contributed by atoms with van der Waals surface area (Å²) in [6.07, 6.45) is 1.64. The highest BCUT2D eigenvalue weighted by Crippen LogP contribution is 2.24. The number of amides is 1. The fourth-order valence-electron chi connectivity index (χ4n) is 3.30. The minimum Gasteiger partial charge on any atom is -0.379 e. The highest BCUT2D eigenvalue weighted by atomic mass is 32.2. The third-order valence-electron chi connectivity index (χ3n) is 4.96. The number of aryl methyl sites for hydroxylation is 2. The first-order valence-electron chi connectivity index (χ1n) is 9.57. The maximum atomic E-state index is 12.7. The van der Waals surface area contributed by atoms with Crippen LogP contribution in [0, 0.1) is 0 Å². The van der Waals surface area contributed by atoms with E-state index in [1.54, 1.807) is 12.1 Å². The molecule has 0 radical (unpaired) electrons. The Labute approximate surface area is 166 Å². The number of anilines is 1. The number of para-hydroxylation sites is 1. The van der Waals surface area contributed by atoms with Crippen LogP contribution in [-0.4, -0.2) is 44.9 Å². The lowest BCUT2D eigenvalue weighted by Crippen LogP contribution is -2.40. The van der Waals surface area contributed by atoms with Crippen molar-refractivity contribution >= 4 is 21.6 Å². The van der Waals surface area contributed by atoms with Gasteiger partial charge in [-0.1, -0.05) is 32.0 Å². The van der Waals surface area contributed by atoms with E-state index in [4.69, 9.17) is 4.74 Å². The highest BCUT2D eigenvalue weighted by Gasteiger charge is 2.26. The molecule has 1 aliphatic heterocycles. The molecule has 2 aromatic rings. The normalized spacial score (nSPS) is 15.4. The van der Waals surface area contributed by atoms with Crippen LogP contribution >= 0.6 is 0 Å². The molecule has 1 amide bonds. The van der Waals surface area contributed by atoms with Gasteiger partial charge in [0.1, 0.15) is 0 Å². The second-order valence-corrected chi connectivity index (χ2v) is 8.59. The van der Waals surface area contributed by atoms with Crippen molar-refractivity contribution in [2.75, 3.05) is 31.6 Å². The Balaban J connectivity index is 1.80. The summed E-state index contributed by atoms with van der Waals surface area (Å²) in [7, 11) is -3.56. The van der Waals surface area contributed by atoms with Crippen molar-refractivity contribution in [3.8, 4) is 0 Å². The van der Waals surface area contributed by atoms with Crippen LogP contribution in [0.1, 0.15) is 35.3 Å². The van der Waals surface area contributed by atoms with Crippen LogP contribution in [-0.2, 0) is 27.6 Å². The third kappa shape index (κ3) is 4.27. The van der Waals surface area contributed by atoms with Gasteiger partial charge in [-0.05, 0) is 48.2 Å². The number of hydrogen-bond acceptors (Lipinski definition) is 4. The van der Waals surface area contributed by atoms with Gasteiger partial charge in [-0.15, -0.1) is 0 Å². The average molecular weight is 403 g/mol. The topological polar surface area (TPSA) is 75.7 Å². The van der Waals surface area contributed by atoms with Crippen molar-refractivity contribution in [3.63, 3.8) is 0 Å². The molecule has 1 aliphatic rings. The van der Waals surface area contributed by atoms with E-state index in [1.807, 2.05) is 18.2 Å². The molecule has 0 aromatic heterocycles. The number of hydrogen-bond donors (Lipinski definition) is 1. The van der Waals surface area contributed by atoms with E-state index in [0.717, 1.165) is 29.7 Å². The summed E-state index contributed by atoms with van der Waals surface area (Å²) >= 11 is 0. The molecular weight excluding hydrogens is 376 g/mol. The van der Waals surface area contributed by atoms with E-state index in [9.17, 15) is 13.2 Å². The van der Waals surface area contributed by atoms with E-state index in [1.165, 1.54) is 16.4 Å². The van der Waals surface area contributed by atoms with E-state index in [2.05, 4.69) is 19.2 Å². The molecule has 2 aromatic carbocycles. The Hall–Kier alpha value is -2.22. The molecule has 1 fully saturated rings. The Morgan fingerprint density at radius 3 is 2.11 bits per heavy atom. The smallest absolute Gasteiger partial charge is 0.255 e. The number of morpholine rings is 1. The maximum Gasteiger partial charge on any atom is 0.255 e. The highest BCUT2D eigenvalue weighted by molar-refractivity contribution is 7.89. The van der Waals surface area contributed by atoms with Gasteiger partial charge >= 0.3 is 0 Å². The molecule has 6 nitrogen and oxygen atoms in total. The molecule has 0 atom stereocenters. The van der Waals surface area contributed by atoms with Gasteiger partial charge in [-0.2, -0.15) is 4.31 Å². The van der Waals surface area contributed by atoms with Gasteiger partial charge in [-0.25, -0.2) is 8.42 Å².